The summed E-state index contributed by atoms with van der Waals surface area (Å²) in [7, 11) is 0. The predicted molar refractivity (Wildman–Crippen MR) is 208 cm³/mol. The molecule has 3 heteroatoms. The van der Waals surface area contributed by atoms with Gasteiger partial charge in [-0.05, 0) is 93.5 Å². The van der Waals surface area contributed by atoms with Crippen LogP contribution in [0.2, 0.25) is 0 Å². The molecule has 0 radical (unpaired) electrons. The normalized spacial score (nSPS) is 13.2. The molecule has 0 fully saturated rings. The summed E-state index contributed by atoms with van der Waals surface area (Å²) in [6.45, 7) is 4.71. The number of rotatable bonds is 4. The Kier molecular flexibility index (Phi) is 6.22. The summed E-state index contributed by atoms with van der Waals surface area (Å²) in [6.07, 6.45) is 1.85. The minimum atomic E-state index is -0.102. The van der Waals surface area contributed by atoms with Crippen LogP contribution < -0.4 is 0 Å². The highest BCUT2D eigenvalue weighted by Gasteiger charge is 2.36. The molecule has 0 saturated carbocycles. The Labute approximate surface area is 291 Å². The maximum absolute atomic E-state index is 5.23. The molecule has 0 spiro atoms. The van der Waals surface area contributed by atoms with Gasteiger partial charge in [-0.2, -0.15) is 0 Å². The van der Waals surface area contributed by atoms with Gasteiger partial charge in [-0.1, -0.05) is 117 Å². The first-order valence-corrected chi connectivity index (χ1v) is 17.2. The molecule has 0 amide bonds. The molecular formula is C47H33N3. The molecule has 0 unspecified atom stereocenters. The highest BCUT2D eigenvalue weighted by atomic mass is 15.0. The topological polar surface area (TPSA) is 30.7 Å². The van der Waals surface area contributed by atoms with E-state index in [0.29, 0.717) is 0 Å². The number of para-hydroxylation sites is 1. The second-order valence-electron chi connectivity index (χ2n) is 13.9. The molecule has 0 saturated heterocycles. The van der Waals surface area contributed by atoms with Gasteiger partial charge in [0.2, 0.25) is 0 Å². The number of fused-ring (bicyclic) bond motifs is 7. The molecule has 9 aromatic rings. The van der Waals surface area contributed by atoms with Gasteiger partial charge in [0.25, 0.3) is 0 Å². The van der Waals surface area contributed by atoms with E-state index in [4.69, 9.17) is 9.97 Å². The number of aromatic nitrogens is 3. The van der Waals surface area contributed by atoms with Gasteiger partial charge in [-0.3, -0.25) is 4.98 Å². The maximum Gasteiger partial charge on any atom is 0.0965 e. The lowest BCUT2D eigenvalue weighted by Gasteiger charge is -2.22. The van der Waals surface area contributed by atoms with Crippen molar-refractivity contribution in [3.63, 3.8) is 0 Å². The fraction of sp³-hybridized carbons (Fsp3) is 0.0638. The SMILES string of the molecule is CC1(C)c2ccccc2-c2cc3c4ccccc4n(-c4cc(-c5ccccc5)cc(-c5cc(-c6ccccc6)c6ncccc6n5)c4)c3cc21. The summed E-state index contributed by atoms with van der Waals surface area (Å²) < 4.78 is 2.46. The second kappa shape index (κ2) is 10.8. The minimum absolute atomic E-state index is 0.102. The molecule has 3 heterocycles. The quantitative estimate of drug-likeness (QED) is 0.192. The van der Waals surface area contributed by atoms with E-state index in [2.05, 4.69) is 170 Å². The Bertz CT molecular complexity index is 2770. The smallest absolute Gasteiger partial charge is 0.0965 e. The van der Waals surface area contributed by atoms with E-state index in [-0.39, 0.29) is 5.41 Å². The Morgan fingerprint density at radius 3 is 2.04 bits per heavy atom. The average Bonchev–Trinajstić information content (AvgIpc) is 3.62. The molecule has 3 aromatic heterocycles. The lowest BCUT2D eigenvalue weighted by atomic mass is 9.82. The lowest BCUT2D eigenvalue weighted by Crippen LogP contribution is -2.15. The van der Waals surface area contributed by atoms with Crippen LogP contribution in [0, 0.1) is 0 Å². The largest absolute Gasteiger partial charge is 0.309 e. The van der Waals surface area contributed by atoms with E-state index in [1.165, 1.54) is 49.6 Å². The monoisotopic (exact) mass is 639 g/mol. The average molecular weight is 640 g/mol. The fourth-order valence-corrected chi connectivity index (χ4v) is 8.17. The summed E-state index contributed by atoms with van der Waals surface area (Å²) in [5.41, 5.74) is 17.1. The van der Waals surface area contributed by atoms with Crippen LogP contribution in [0.4, 0.5) is 0 Å². The van der Waals surface area contributed by atoms with Gasteiger partial charge in [0, 0.05) is 39.2 Å². The molecular weight excluding hydrogens is 607 g/mol. The Morgan fingerprint density at radius 2 is 1.20 bits per heavy atom. The fourth-order valence-electron chi connectivity index (χ4n) is 8.17. The van der Waals surface area contributed by atoms with Crippen LogP contribution in [-0.4, -0.2) is 14.5 Å². The number of benzene rings is 6. The van der Waals surface area contributed by atoms with Gasteiger partial charge in [0.05, 0.1) is 27.8 Å². The highest BCUT2D eigenvalue weighted by Crippen LogP contribution is 2.51. The molecule has 0 atom stereocenters. The predicted octanol–water partition coefficient (Wildman–Crippen LogP) is 12.0. The van der Waals surface area contributed by atoms with Crippen molar-refractivity contribution in [2.45, 2.75) is 19.3 Å². The van der Waals surface area contributed by atoms with Crippen molar-refractivity contribution < 1.29 is 0 Å². The summed E-state index contributed by atoms with van der Waals surface area (Å²) >= 11 is 0. The molecule has 0 N–H and O–H groups in total. The third-order valence-electron chi connectivity index (χ3n) is 10.6. The van der Waals surface area contributed by atoms with E-state index >= 15 is 0 Å². The zero-order chi connectivity index (χ0) is 33.4. The molecule has 50 heavy (non-hydrogen) atoms. The zero-order valence-electron chi connectivity index (χ0n) is 27.9. The van der Waals surface area contributed by atoms with Crippen LogP contribution in [-0.2, 0) is 5.41 Å². The molecule has 236 valence electrons. The highest BCUT2D eigenvalue weighted by molar-refractivity contribution is 6.12. The van der Waals surface area contributed by atoms with Gasteiger partial charge in [0.1, 0.15) is 0 Å². The maximum atomic E-state index is 5.23. The Balaban J connectivity index is 1.27. The van der Waals surface area contributed by atoms with Crippen LogP contribution in [0.5, 0.6) is 0 Å². The van der Waals surface area contributed by atoms with Crippen LogP contribution in [0.25, 0.3) is 83.2 Å². The van der Waals surface area contributed by atoms with Crippen LogP contribution in [0.15, 0.2) is 164 Å². The van der Waals surface area contributed by atoms with Crippen molar-refractivity contribution in [1.29, 1.82) is 0 Å². The second-order valence-corrected chi connectivity index (χ2v) is 13.9. The first-order chi connectivity index (χ1) is 24.5. The molecule has 6 aromatic carbocycles. The summed E-state index contributed by atoms with van der Waals surface area (Å²) in [5.74, 6) is 0. The van der Waals surface area contributed by atoms with E-state index in [9.17, 15) is 0 Å². The summed E-state index contributed by atoms with van der Waals surface area (Å²) in [6, 6.07) is 56.9. The van der Waals surface area contributed by atoms with Gasteiger partial charge in [-0.15, -0.1) is 0 Å². The van der Waals surface area contributed by atoms with Gasteiger partial charge in [0.15, 0.2) is 0 Å². The Hall–Kier alpha value is -6.32. The van der Waals surface area contributed by atoms with Gasteiger partial charge >= 0.3 is 0 Å². The third-order valence-corrected chi connectivity index (χ3v) is 10.6. The van der Waals surface area contributed by atoms with Crippen LogP contribution in [0.3, 0.4) is 0 Å². The van der Waals surface area contributed by atoms with Crippen molar-refractivity contribution >= 4 is 32.8 Å². The van der Waals surface area contributed by atoms with Crippen molar-refractivity contribution in [2.75, 3.05) is 0 Å². The van der Waals surface area contributed by atoms with Crippen LogP contribution >= 0.6 is 0 Å². The molecule has 1 aliphatic carbocycles. The molecule has 3 nitrogen and oxygen atoms in total. The first-order valence-electron chi connectivity index (χ1n) is 17.2. The third kappa shape index (κ3) is 4.30. The molecule has 0 bridgehead atoms. The van der Waals surface area contributed by atoms with E-state index in [0.717, 1.165) is 44.7 Å². The van der Waals surface area contributed by atoms with E-state index < -0.39 is 0 Å². The molecule has 1 aliphatic rings. The van der Waals surface area contributed by atoms with Crippen molar-refractivity contribution in [3.8, 4) is 50.3 Å². The van der Waals surface area contributed by atoms with Crippen molar-refractivity contribution in [2.24, 2.45) is 0 Å². The minimum Gasteiger partial charge on any atom is -0.309 e. The number of pyridine rings is 2. The zero-order valence-corrected chi connectivity index (χ0v) is 27.9. The standard InChI is InChI=1S/C47H33N3/c1-47(2)40-20-11-9-18-35(40)38-27-39-36-19-10-12-22-44(36)50(45(39)29-41(38)47)34-25-32(30-14-5-3-6-15-30)24-33(26-34)43-28-37(31-16-7-4-8-17-31)46-42(49-43)21-13-23-48-46/h3-29H,1-2H3. The number of nitrogens with zero attached hydrogens (tertiary/aromatic N) is 3. The van der Waals surface area contributed by atoms with Gasteiger partial charge < -0.3 is 4.57 Å². The van der Waals surface area contributed by atoms with Crippen molar-refractivity contribution in [1.82, 2.24) is 14.5 Å². The number of hydrogen-bond acceptors (Lipinski definition) is 2. The summed E-state index contributed by atoms with van der Waals surface area (Å²) in [4.78, 5) is 10.0. The number of hydrogen-bond donors (Lipinski definition) is 0. The summed E-state index contributed by atoms with van der Waals surface area (Å²) in [5, 5.41) is 2.51. The molecule has 10 rings (SSSR count). The van der Waals surface area contributed by atoms with E-state index in [1.807, 2.05) is 12.3 Å². The molecule has 0 aliphatic heterocycles. The van der Waals surface area contributed by atoms with Gasteiger partial charge in [-0.25, -0.2) is 4.98 Å². The van der Waals surface area contributed by atoms with Crippen molar-refractivity contribution in [3.05, 3.63) is 175 Å². The first kappa shape index (κ1) is 28.7. The Morgan fingerprint density at radius 1 is 0.480 bits per heavy atom. The van der Waals surface area contributed by atoms with E-state index in [1.54, 1.807) is 0 Å². The lowest BCUT2D eigenvalue weighted by molar-refractivity contribution is 0.661. The van der Waals surface area contributed by atoms with Crippen LogP contribution in [0.1, 0.15) is 25.0 Å².